The van der Waals surface area contributed by atoms with Crippen molar-refractivity contribution in [2.45, 2.75) is 81.8 Å². The van der Waals surface area contributed by atoms with E-state index in [0.29, 0.717) is 11.8 Å². The molecule has 3 heterocycles. The highest BCUT2D eigenvalue weighted by molar-refractivity contribution is 5.89. The molecular weight excluding hydrogens is 472 g/mol. The average molecular weight is 513 g/mol. The summed E-state index contributed by atoms with van der Waals surface area (Å²) in [6.07, 6.45) is 18.0. The zero-order valence-corrected chi connectivity index (χ0v) is 22.7. The van der Waals surface area contributed by atoms with Crippen molar-refractivity contribution >= 4 is 21.8 Å². The summed E-state index contributed by atoms with van der Waals surface area (Å²) in [4.78, 5) is 7.15. The third-order valence-electron chi connectivity index (χ3n) is 10.0. The van der Waals surface area contributed by atoms with Crippen LogP contribution >= 0.6 is 0 Å². The van der Waals surface area contributed by atoms with Gasteiger partial charge in [0.2, 0.25) is 0 Å². The van der Waals surface area contributed by atoms with Gasteiger partial charge in [0.15, 0.2) is 0 Å². The Balaban J connectivity index is 1.40. The molecule has 200 valence electrons. The second kappa shape index (κ2) is 9.68. The Labute approximate surface area is 225 Å². The maximum Gasteiger partial charge on any atom is 0.119 e. The molecule has 38 heavy (non-hydrogen) atoms. The molecule has 3 fully saturated rings. The number of ether oxygens (including phenoxy) is 3. The highest BCUT2D eigenvalue weighted by Crippen LogP contribution is 2.62. The van der Waals surface area contributed by atoms with E-state index in [0.717, 1.165) is 22.5 Å². The summed E-state index contributed by atoms with van der Waals surface area (Å²) in [5, 5.41) is 2.45. The van der Waals surface area contributed by atoms with Gasteiger partial charge in [-0.3, -0.25) is 0 Å². The van der Waals surface area contributed by atoms with Crippen LogP contribution in [-0.4, -0.2) is 35.9 Å². The molecular formula is C33H40N2O3. The van der Waals surface area contributed by atoms with Crippen molar-refractivity contribution in [3.8, 4) is 11.5 Å². The summed E-state index contributed by atoms with van der Waals surface area (Å²) in [5.74, 6) is 3.22. The molecule has 4 aromatic rings. The van der Waals surface area contributed by atoms with E-state index in [9.17, 15) is 0 Å². The smallest absolute Gasteiger partial charge is 0.119 e. The molecule has 0 spiro atoms. The van der Waals surface area contributed by atoms with Crippen molar-refractivity contribution in [1.29, 1.82) is 0 Å². The summed E-state index contributed by atoms with van der Waals surface area (Å²) in [7, 11) is 3.50. The minimum Gasteiger partial charge on any atom is -0.497 e. The Morgan fingerprint density at radius 2 is 1.18 bits per heavy atom. The van der Waals surface area contributed by atoms with E-state index in [1.807, 2.05) is 12.1 Å². The van der Waals surface area contributed by atoms with Gasteiger partial charge in [0.25, 0.3) is 0 Å². The fourth-order valence-electron chi connectivity index (χ4n) is 8.12. The number of epoxide rings is 1. The van der Waals surface area contributed by atoms with Gasteiger partial charge in [-0.05, 0) is 85.0 Å². The Kier molecular flexibility index (Phi) is 6.15. The minimum absolute atomic E-state index is 0.0174. The summed E-state index contributed by atoms with van der Waals surface area (Å²) < 4.78 is 18.5. The molecule has 2 saturated carbocycles. The number of hydrogen-bond donors (Lipinski definition) is 2. The fraction of sp³-hybridized carbons (Fsp3) is 0.515. The van der Waals surface area contributed by atoms with Crippen molar-refractivity contribution in [1.82, 2.24) is 9.97 Å². The Morgan fingerprint density at radius 3 is 1.63 bits per heavy atom. The predicted octanol–water partition coefficient (Wildman–Crippen LogP) is 8.10. The zero-order chi connectivity index (χ0) is 25.7. The number of methoxy groups -OCH3 is 2. The third-order valence-corrected chi connectivity index (χ3v) is 10.0. The first-order valence-corrected chi connectivity index (χ1v) is 14.7. The quantitative estimate of drug-likeness (QED) is 0.246. The van der Waals surface area contributed by atoms with Gasteiger partial charge in [-0.25, -0.2) is 0 Å². The van der Waals surface area contributed by atoms with Crippen LogP contribution in [0, 0.1) is 11.8 Å². The number of nitrogens with one attached hydrogen (secondary N) is 2. The number of fused-ring (bicyclic) bond motifs is 2. The summed E-state index contributed by atoms with van der Waals surface area (Å²) in [6.45, 7) is 0. The van der Waals surface area contributed by atoms with E-state index in [4.69, 9.17) is 14.2 Å². The molecule has 5 heteroatoms. The molecule has 7 rings (SSSR count). The van der Waals surface area contributed by atoms with Gasteiger partial charge in [-0.1, -0.05) is 38.5 Å². The third kappa shape index (κ3) is 3.85. The van der Waals surface area contributed by atoms with Crippen LogP contribution < -0.4 is 9.47 Å². The SMILES string of the molecule is COc1ccc2[nH]cc(C(c3c[nH]c4ccc(OC)cc34)C3OC3(C3CCCCC3)C3CCCCC3)c2c1. The highest BCUT2D eigenvalue weighted by atomic mass is 16.6. The largest absolute Gasteiger partial charge is 0.497 e. The van der Waals surface area contributed by atoms with Crippen LogP contribution in [0.2, 0.25) is 0 Å². The molecule has 3 aliphatic rings. The molecule has 0 radical (unpaired) electrons. The zero-order valence-electron chi connectivity index (χ0n) is 22.7. The number of rotatable bonds is 7. The van der Waals surface area contributed by atoms with Crippen LogP contribution in [0.15, 0.2) is 48.8 Å². The van der Waals surface area contributed by atoms with Crippen LogP contribution in [0.4, 0.5) is 0 Å². The first kappa shape index (κ1) is 24.1. The Bertz CT molecular complexity index is 1320. The van der Waals surface area contributed by atoms with Crippen molar-refractivity contribution in [3.63, 3.8) is 0 Å². The van der Waals surface area contributed by atoms with Gasteiger partial charge in [0, 0.05) is 40.1 Å². The van der Waals surface area contributed by atoms with E-state index >= 15 is 0 Å². The van der Waals surface area contributed by atoms with Crippen LogP contribution in [0.5, 0.6) is 11.5 Å². The minimum atomic E-state index is -0.0174. The topological polar surface area (TPSA) is 62.6 Å². The Hall–Kier alpha value is -2.92. The van der Waals surface area contributed by atoms with Crippen LogP contribution in [0.1, 0.15) is 81.3 Å². The van der Waals surface area contributed by atoms with Crippen LogP contribution in [0.25, 0.3) is 21.8 Å². The summed E-state index contributed by atoms with van der Waals surface area (Å²) in [5.41, 5.74) is 4.88. The van der Waals surface area contributed by atoms with Gasteiger partial charge >= 0.3 is 0 Å². The molecule has 2 aliphatic carbocycles. The molecule has 1 unspecified atom stereocenters. The lowest BCUT2D eigenvalue weighted by Crippen LogP contribution is -2.39. The maximum absolute atomic E-state index is 7.21. The van der Waals surface area contributed by atoms with Crippen LogP contribution in [0.3, 0.4) is 0 Å². The first-order chi connectivity index (χ1) is 18.7. The van der Waals surface area contributed by atoms with Crippen molar-refractivity contribution in [2.75, 3.05) is 14.2 Å². The molecule has 0 amide bonds. The lowest BCUT2D eigenvalue weighted by Gasteiger charge is -2.37. The van der Waals surface area contributed by atoms with E-state index < -0.39 is 0 Å². The number of H-pyrrole nitrogens is 2. The average Bonchev–Trinajstić information content (AvgIpc) is 3.38. The van der Waals surface area contributed by atoms with E-state index in [-0.39, 0.29) is 17.6 Å². The van der Waals surface area contributed by atoms with Gasteiger partial charge < -0.3 is 24.2 Å². The lowest BCUT2D eigenvalue weighted by molar-refractivity contribution is 0.0906. The van der Waals surface area contributed by atoms with Crippen LogP contribution in [-0.2, 0) is 4.74 Å². The van der Waals surface area contributed by atoms with E-state index in [2.05, 4.69) is 46.6 Å². The number of aromatic nitrogens is 2. The molecule has 1 aliphatic heterocycles. The highest BCUT2D eigenvalue weighted by Gasteiger charge is 2.67. The van der Waals surface area contributed by atoms with Crippen molar-refractivity contribution in [3.05, 3.63) is 59.9 Å². The summed E-state index contributed by atoms with van der Waals surface area (Å²) >= 11 is 0. The Morgan fingerprint density at radius 1 is 0.711 bits per heavy atom. The summed E-state index contributed by atoms with van der Waals surface area (Å²) in [6, 6.07) is 12.7. The van der Waals surface area contributed by atoms with Gasteiger partial charge in [0.1, 0.15) is 17.1 Å². The molecule has 0 bridgehead atoms. The second-order valence-electron chi connectivity index (χ2n) is 11.9. The standard InChI is InChI=1S/C33H40N2O3/c1-36-23-13-15-29-25(17-23)27(19-34-29)31(28-20-35-30-16-14-24(37-2)18-26(28)30)32-33(38-32,21-9-5-3-6-10-21)22-11-7-4-8-12-22/h13-22,31-32,34-35H,3-12H2,1-2H3. The molecule has 2 aromatic carbocycles. The fourth-order valence-corrected chi connectivity index (χ4v) is 8.12. The second-order valence-corrected chi connectivity index (χ2v) is 11.9. The van der Waals surface area contributed by atoms with E-state index in [1.165, 1.54) is 86.1 Å². The normalized spacial score (nSPS) is 22.3. The van der Waals surface area contributed by atoms with Crippen molar-refractivity contribution in [2.24, 2.45) is 11.8 Å². The number of hydrogen-bond acceptors (Lipinski definition) is 3. The number of aromatic amines is 2. The maximum atomic E-state index is 7.21. The molecule has 1 saturated heterocycles. The molecule has 2 aromatic heterocycles. The first-order valence-electron chi connectivity index (χ1n) is 14.7. The van der Waals surface area contributed by atoms with Gasteiger partial charge in [-0.15, -0.1) is 0 Å². The lowest BCUT2D eigenvalue weighted by atomic mass is 9.65. The van der Waals surface area contributed by atoms with Gasteiger partial charge in [0.05, 0.1) is 20.3 Å². The predicted molar refractivity (Wildman–Crippen MR) is 152 cm³/mol. The molecule has 1 atom stereocenters. The van der Waals surface area contributed by atoms with Crippen molar-refractivity contribution < 1.29 is 14.2 Å². The monoisotopic (exact) mass is 512 g/mol. The van der Waals surface area contributed by atoms with Gasteiger partial charge in [-0.2, -0.15) is 0 Å². The number of benzene rings is 2. The molecule has 2 N–H and O–H groups in total. The van der Waals surface area contributed by atoms with E-state index in [1.54, 1.807) is 14.2 Å². The molecule has 5 nitrogen and oxygen atoms in total.